The van der Waals surface area contributed by atoms with Crippen LogP contribution in [0.1, 0.15) is 507 Å². The van der Waals surface area contributed by atoms with Crippen molar-refractivity contribution in [3.05, 3.63) is 93.0 Å². The van der Waals surface area contributed by atoms with Crippen molar-refractivity contribution in [2.75, 3.05) is 0 Å². The number of phenols is 8. The molecule has 0 fully saturated rings. The first kappa shape index (κ1) is 89.9. The molecule has 0 unspecified atom stereocenters. The Morgan fingerprint density at radius 3 is 0.346 bits per heavy atom. The molecule has 1 aliphatic carbocycles. The molecule has 0 saturated heterocycles. The summed E-state index contributed by atoms with van der Waals surface area (Å²) in [5.41, 5.74) is 4.57. The largest absolute Gasteiger partial charge is 0.508 e. The second-order valence-electron chi connectivity index (χ2n) is 33.0. The molecule has 4 aromatic rings. The van der Waals surface area contributed by atoms with Crippen molar-refractivity contribution in [2.45, 2.75) is 462 Å². The van der Waals surface area contributed by atoms with Crippen LogP contribution in [0.2, 0.25) is 0 Å². The number of benzene rings is 4. The second-order valence-corrected chi connectivity index (χ2v) is 33.0. The Kier molecular flexibility index (Phi) is 49.6. The first-order chi connectivity index (χ1) is 50.9. The Balaban J connectivity index is 1.49. The van der Waals surface area contributed by atoms with Gasteiger partial charge in [-0.25, -0.2) is 0 Å². The van der Waals surface area contributed by atoms with Crippen LogP contribution in [0, 0.1) is 0 Å². The topological polar surface area (TPSA) is 162 Å². The molecule has 104 heavy (non-hydrogen) atoms. The maximum Gasteiger partial charge on any atom is 0.123 e. The van der Waals surface area contributed by atoms with Gasteiger partial charge < -0.3 is 40.9 Å². The lowest BCUT2D eigenvalue weighted by Crippen LogP contribution is -2.11. The van der Waals surface area contributed by atoms with E-state index in [2.05, 4.69) is 27.7 Å². The Labute approximate surface area is 638 Å². The van der Waals surface area contributed by atoms with Gasteiger partial charge in [0, 0.05) is 92.4 Å². The summed E-state index contributed by atoms with van der Waals surface area (Å²) < 4.78 is 0. The number of aromatic hydroxyl groups is 8. The van der Waals surface area contributed by atoms with Crippen LogP contribution >= 0.6 is 0 Å². The van der Waals surface area contributed by atoms with E-state index in [9.17, 15) is 40.9 Å². The molecule has 0 radical (unpaired) electrons. The van der Waals surface area contributed by atoms with Gasteiger partial charge in [0.25, 0.3) is 0 Å². The van der Waals surface area contributed by atoms with E-state index in [-0.39, 0.29) is 46.0 Å². The number of hydrogen-bond acceptors (Lipinski definition) is 8. The van der Waals surface area contributed by atoms with E-state index in [1.54, 1.807) is 0 Å². The molecule has 0 heterocycles. The monoisotopic (exact) mass is 1440 g/mol. The maximum absolute atomic E-state index is 12.4. The molecule has 592 valence electrons. The van der Waals surface area contributed by atoms with Crippen LogP contribution in [0.5, 0.6) is 46.0 Å². The number of rotatable bonds is 64. The molecule has 8 heteroatoms. The SMILES string of the molecule is CCCCCCCCCCCCCCCCCC1c2cc(c(O)cc2O)C(CCCCCCCCCCCCCCCCC)c2cc(c(O)cc2O)C(CCCCCCCCCCCCCCCCC)c2cc(c(O)cc2O)C(CCCCCCCCCCCCCCCCC)c2cc1c(O)cc2O. The van der Waals surface area contributed by atoms with Crippen molar-refractivity contribution in [1.82, 2.24) is 0 Å². The van der Waals surface area contributed by atoms with Crippen molar-refractivity contribution in [3.63, 3.8) is 0 Å². The molecule has 8 nitrogen and oxygen atoms in total. The fourth-order valence-corrected chi connectivity index (χ4v) is 17.5. The minimum Gasteiger partial charge on any atom is -0.508 e. The average Bonchev–Trinajstić information content (AvgIpc) is 0.761. The summed E-state index contributed by atoms with van der Waals surface area (Å²) in [6.07, 6.45) is 76.4. The first-order valence-electron chi connectivity index (χ1n) is 45.2. The Hall–Kier alpha value is -4.72. The molecule has 0 saturated carbocycles. The van der Waals surface area contributed by atoms with Gasteiger partial charge in [-0.05, 0) is 49.9 Å². The van der Waals surface area contributed by atoms with Gasteiger partial charge in [0.05, 0.1) is 0 Å². The van der Waals surface area contributed by atoms with Crippen molar-refractivity contribution < 1.29 is 40.9 Å². The summed E-state index contributed by atoms with van der Waals surface area (Å²) in [4.78, 5) is 0. The van der Waals surface area contributed by atoms with Gasteiger partial charge in [-0.3, -0.25) is 0 Å². The zero-order valence-corrected chi connectivity index (χ0v) is 67.8. The molecule has 0 amide bonds. The second kappa shape index (κ2) is 57.4. The van der Waals surface area contributed by atoms with Crippen LogP contribution in [0.4, 0.5) is 0 Å². The van der Waals surface area contributed by atoms with E-state index in [1.807, 2.05) is 24.3 Å². The number of fused-ring (bicyclic) bond motifs is 8. The predicted octanol–water partition coefficient (Wildman–Crippen LogP) is 31.2. The Bertz CT molecular complexity index is 2310. The molecule has 8 N–H and O–H groups in total. The Morgan fingerprint density at radius 2 is 0.240 bits per heavy atom. The minimum atomic E-state index is -0.547. The van der Waals surface area contributed by atoms with Gasteiger partial charge in [-0.2, -0.15) is 0 Å². The molecule has 5 rings (SSSR count). The summed E-state index contributed by atoms with van der Waals surface area (Å²) in [6.45, 7) is 9.12. The lowest BCUT2D eigenvalue weighted by Gasteiger charge is -2.29. The van der Waals surface area contributed by atoms with Crippen molar-refractivity contribution >= 4 is 0 Å². The van der Waals surface area contributed by atoms with Crippen LogP contribution in [-0.4, -0.2) is 40.9 Å². The summed E-state index contributed by atoms with van der Waals surface area (Å²) in [5, 5.41) is 99.1. The maximum atomic E-state index is 12.4. The predicted molar refractivity (Wildman–Crippen MR) is 445 cm³/mol. The number of unbranched alkanes of at least 4 members (excludes halogenated alkanes) is 56. The van der Waals surface area contributed by atoms with E-state index < -0.39 is 23.7 Å². The molecule has 8 bridgehead atoms. The van der Waals surface area contributed by atoms with E-state index in [0.717, 1.165) is 103 Å². The van der Waals surface area contributed by atoms with E-state index >= 15 is 0 Å². The Morgan fingerprint density at radius 1 is 0.144 bits per heavy atom. The van der Waals surface area contributed by atoms with E-state index in [4.69, 9.17) is 0 Å². The quantitative estimate of drug-likeness (QED) is 0.0203. The van der Waals surface area contributed by atoms with Crippen molar-refractivity contribution in [3.8, 4) is 46.0 Å². The zero-order valence-electron chi connectivity index (χ0n) is 67.8. The summed E-state index contributed by atoms with van der Waals surface area (Å²) in [6, 6.07) is 13.6. The third-order valence-electron chi connectivity index (χ3n) is 24.1. The molecular formula is C96H160O8. The van der Waals surface area contributed by atoms with Gasteiger partial charge in [0.1, 0.15) is 46.0 Å². The molecular weight excluding hydrogens is 1280 g/mol. The first-order valence-corrected chi connectivity index (χ1v) is 45.2. The van der Waals surface area contributed by atoms with Gasteiger partial charge in [0.2, 0.25) is 0 Å². The molecule has 4 aromatic carbocycles. The molecule has 0 atom stereocenters. The molecule has 0 aliphatic heterocycles. The van der Waals surface area contributed by atoms with E-state index in [1.165, 1.54) is 307 Å². The summed E-state index contributed by atoms with van der Waals surface area (Å²) in [7, 11) is 0. The lowest BCUT2D eigenvalue weighted by molar-refractivity contribution is 0.418. The van der Waals surface area contributed by atoms with Crippen LogP contribution in [0.25, 0.3) is 0 Å². The summed E-state index contributed by atoms with van der Waals surface area (Å²) >= 11 is 0. The normalized spacial score (nSPS) is 15.2. The average molecular weight is 1440 g/mol. The number of hydrogen-bond donors (Lipinski definition) is 8. The van der Waals surface area contributed by atoms with Crippen LogP contribution in [-0.2, 0) is 0 Å². The van der Waals surface area contributed by atoms with Crippen LogP contribution in [0.3, 0.4) is 0 Å². The third-order valence-corrected chi connectivity index (χ3v) is 24.1. The van der Waals surface area contributed by atoms with Gasteiger partial charge >= 0.3 is 0 Å². The summed E-state index contributed by atoms with van der Waals surface area (Å²) in [5.74, 6) is -2.80. The van der Waals surface area contributed by atoms with Gasteiger partial charge in [-0.1, -0.05) is 413 Å². The van der Waals surface area contributed by atoms with Gasteiger partial charge in [-0.15, -0.1) is 0 Å². The zero-order chi connectivity index (χ0) is 74.5. The van der Waals surface area contributed by atoms with Gasteiger partial charge in [0.15, 0.2) is 0 Å². The highest BCUT2D eigenvalue weighted by Gasteiger charge is 2.33. The fraction of sp³-hybridized carbons (Fsp3) is 0.750. The fourth-order valence-electron chi connectivity index (χ4n) is 17.5. The van der Waals surface area contributed by atoms with Crippen molar-refractivity contribution in [2.24, 2.45) is 0 Å². The molecule has 1 aliphatic rings. The lowest BCUT2D eigenvalue weighted by atomic mass is 9.76. The van der Waals surface area contributed by atoms with Crippen molar-refractivity contribution in [1.29, 1.82) is 0 Å². The molecule has 0 spiro atoms. The third kappa shape index (κ3) is 35.5. The smallest absolute Gasteiger partial charge is 0.123 e. The van der Waals surface area contributed by atoms with Crippen LogP contribution < -0.4 is 0 Å². The van der Waals surface area contributed by atoms with Crippen LogP contribution in [0.15, 0.2) is 48.5 Å². The highest BCUT2D eigenvalue weighted by atomic mass is 16.3. The standard InChI is InChI=1S/C96H160O8/c1-5-9-13-17-21-25-29-33-37-41-45-49-53-57-61-65-77-81-69-83(91(99)73-89(81)97)78(66-62-58-54-50-46-42-38-34-30-26-22-18-14-10-6-2)85-71-87(95(103)75-93(85)101)80(68-64-60-56-52-48-44-40-36-32-28-24-20-16-12-8-4)88-72-86(94(102)76-96(88)104)79(84-70-82(77)90(98)74-92(84)100)67-63-59-55-51-47-43-39-35-31-27-23-19-15-11-7-3/h69-80,97-104H,5-68H2,1-4H3. The molecule has 0 aromatic heterocycles. The minimum absolute atomic E-state index is 0.0765. The highest BCUT2D eigenvalue weighted by Crippen LogP contribution is 2.53. The van der Waals surface area contributed by atoms with E-state index in [0.29, 0.717) is 70.2 Å². The highest BCUT2D eigenvalue weighted by molar-refractivity contribution is 5.62. The number of phenolic OH excluding ortho intramolecular Hbond substituents is 8.